The lowest BCUT2D eigenvalue weighted by Crippen LogP contribution is -2.00. The van der Waals surface area contributed by atoms with E-state index in [4.69, 9.17) is 9.47 Å². The third kappa shape index (κ3) is 3.41. The normalized spacial score (nSPS) is 10.2. The zero-order valence-electron chi connectivity index (χ0n) is 13.2. The van der Waals surface area contributed by atoms with Crippen LogP contribution >= 0.6 is 0 Å². The van der Waals surface area contributed by atoms with Crippen LogP contribution in [0.15, 0.2) is 60.9 Å². The van der Waals surface area contributed by atoms with E-state index >= 15 is 0 Å². The van der Waals surface area contributed by atoms with Crippen LogP contribution in [0.25, 0.3) is 11.1 Å². The lowest BCUT2D eigenvalue weighted by Gasteiger charge is -2.13. The molecule has 3 aromatic rings. The van der Waals surface area contributed by atoms with E-state index in [2.05, 4.69) is 9.97 Å². The number of hydrogen-bond donors (Lipinski definition) is 0. The van der Waals surface area contributed by atoms with Crippen molar-refractivity contribution in [3.8, 4) is 22.9 Å². The molecular formula is C19H16N2O3. The third-order valence-electron chi connectivity index (χ3n) is 3.52. The van der Waals surface area contributed by atoms with Crippen LogP contribution < -0.4 is 9.47 Å². The number of nitrogens with zero attached hydrogens (tertiary/aromatic N) is 2. The van der Waals surface area contributed by atoms with Crippen LogP contribution in [-0.4, -0.2) is 23.4 Å². The summed E-state index contributed by atoms with van der Waals surface area (Å²) in [6.07, 6.45) is 4.03. The van der Waals surface area contributed by atoms with Crippen molar-refractivity contribution >= 4 is 6.29 Å². The van der Waals surface area contributed by atoms with Crippen molar-refractivity contribution < 1.29 is 14.3 Å². The Morgan fingerprint density at radius 2 is 1.75 bits per heavy atom. The molecule has 0 aliphatic carbocycles. The van der Waals surface area contributed by atoms with Gasteiger partial charge in [-0.15, -0.1) is 0 Å². The molecule has 3 rings (SSSR count). The molecule has 2 aromatic carbocycles. The fourth-order valence-corrected chi connectivity index (χ4v) is 2.36. The van der Waals surface area contributed by atoms with E-state index in [0.717, 1.165) is 11.8 Å². The second-order valence-electron chi connectivity index (χ2n) is 5.07. The first kappa shape index (κ1) is 15.7. The average Bonchev–Trinajstić information content (AvgIpc) is 2.67. The summed E-state index contributed by atoms with van der Waals surface area (Å²) in [5, 5.41) is 0. The molecule has 0 atom stereocenters. The van der Waals surface area contributed by atoms with Crippen LogP contribution in [0.3, 0.4) is 0 Å². The quantitative estimate of drug-likeness (QED) is 0.650. The maximum Gasteiger partial charge on any atom is 0.316 e. The van der Waals surface area contributed by atoms with Gasteiger partial charge in [-0.25, -0.2) is 9.97 Å². The van der Waals surface area contributed by atoms with Gasteiger partial charge in [0.05, 0.1) is 7.11 Å². The SMILES string of the molecule is COc1ncc(-c2c(C=O)cccc2OCc2ccccc2)cn1. The van der Waals surface area contributed by atoms with E-state index in [-0.39, 0.29) is 6.01 Å². The minimum atomic E-state index is 0.272. The first-order valence-corrected chi connectivity index (χ1v) is 7.43. The zero-order chi connectivity index (χ0) is 16.8. The van der Waals surface area contributed by atoms with Crippen molar-refractivity contribution in [1.29, 1.82) is 0 Å². The van der Waals surface area contributed by atoms with Crippen molar-refractivity contribution in [2.24, 2.45) is 0 Å². The Kier molecular flexibility index (Phi) is 4.81. The second kappa shape index (κ2) is 7.37. The van der Waals surface area contributed by atoms with Gasteiger partial charge < -0.3 is 9.47 Å². The Hall–Kier alpha value is -3.21. The lowest BCUT2D eigenvalue weighted by atomic mass is 10.0. The van der Waals surface area contributed by atoms with E-state index in [9.17, 15) is 4.79 Å². The molecule has 120 valence electrons. The summed E-state index contributed by atoms with van der Waals surface area (Å²) in [5.41, 5.74) is 2.94. The standard InChI is InChI=1S/C19H16N2O3/c1-23-19-20-10-16(11-21-19)18-15(12-22)8-5-9-17(18)24-13-14-6-3-2-4-7-14/h2-12H,13H2,1H3. The molecule has 0 spiro atoms. The van der Waals surface area contributed by atoms with Gasteiger partial charge in [-0.2, -0.15) is 0 Å². The van der Waals surface area contributed by atoms with Crippen LogP contribution in [0.5, 0.6) is 11.8 Å². The van der Waals surface area contributed by atoms with Crippen LogP contribution in [0, 0.1) is 0 Å². The van der Waals surface area contributed by atoms with Gasteiger partial charge in [0.15, 0.2) is 6.29 Å². The van der Waals surface area contributed by atoms with E-state index in [1.54, 1.807) is 24.5 Å². The summed E-state index contributed by atoms with van der Waals surface area (Å²) in [5.74, 6) is 0.609. The highest BCUT2D eigenvalue weighted by Gasteiger charge is 2.13. The Labute approximate surface area is 139 Å². The number of aromatic nitrogens is 2. The van der Waals surface area contributed by atoms with E-state index in [1.165, 1.54) is 7.11 Å². The molecule has 0 bridgehead atoms. The monoisotopic (exact) mass is 320 g/mol. The fraction of sp³-hybridized carbons (Fsp3) is 0.105. The van der Waals surface area contributed by atoms with Crippen molar-refractivity contribution in [3.63, 3.8) is 0 Å². The smallest absolute Gasteiger partial charge is 0.316 e. The molecule has 0 fully saturated rings. The van der Waals surface area contributed by atoms with Gasteiger partial charge in [0.25, 0.3) is 0 Å². The molecular weight excluding hydrogens is 304 g/mol. The average molecular weight is 320 g/mol. The number of carbonyl (C=O) groups is 1. The number of aldehydes is 1. The van der Waals surface area contributed by atoms with Crippen LogP contribution in [-0.2, 0) is 6.61 Å². The summed E-state index contributed by atoms with van der Waals surface area (Å²) in [7, 11) is 1.50. The fourth-order valence-electron chi connectivity index (χ4n) is 2.36. The Morgan fingerprint density at radius 3 is 2.42 bits per heavy atom. The summed E-state index contributed by atoms with van der Waals surface area (Å²) >= 11 is 0. The molecule has 0 saturated carbocycles. The number of benzene rings is 2. The molecule has 0 aliphatic rings. The second-order valence-corrected chi connectivity index (χ2v) is 5.07. The molecule has 0 saturated heterocycles. The van der Waals surface area contributed by atoms with Crippen molar-refractivity contribution in [2.45, 2.75) is 6.61 Å². The van der Waals surface area contributed by atoms with E-state index in [0.29, 0.717) is 29.0 Å². The topological polar surface area (TPSA) is 61.3 Å². The van der Waals surface area contributed by atoms with Crippen LogP contribution in [0.1, 0.15) is 15.9 Å². The predicted octanol–water partition coefficient (Wildman–Crippen LogP) is 3.54. The molecule has 24 heavy (non-hydrogen) atoms. The Bertz CT molecular complexity index is 818. The Balaban J connectivity index is 1.95. The zero-order valence-corrected chi connectivity index (χ0v) is 13.2. The van der Waals surface area contributed by atoms with Gasteiger partial charge in [0, 0.05) is 29.1 Å². The highest BCUT2D eigenvalue weighted by molar-refractivity contribution is 5.90. The van der Waals surface area contributed by atoms with Crippen molar-refractivity contribution in [3.05, 3.63) is 72.1 Å². The number of hydrogen-bond acceptors (Lipinski definition) is 5. The molecule has 0 amide bonds. The first-order chi connectivity index (χ1) is 11.8. The number of methoxy groups -OCH3 is 1. The number of carbonyl (C=O) groups excluding carboxylic acids is 1. The summed E-state index contributed by atoms with van der Waals surface area (Å²) in [4.78, 5) is 19.6. The first-order valence-electron chi connectivity index (χ1n) is 7.43. The molecule has 0 aliphatic heterocycles. The molecule has 0 radical (unpaired) electrons. The summed E-state index contributed by atoms with van der Waals surface area (Å²) in [6.45, 7) is 0.410. The van der Waals surface area contributed by atoms with Crippen molar-refractivity contribution in [2.75, 3.05) is 7.11 Å². The lowest BCUT2D eigenvalue weighted by molar-refractivity contribution is 0.112. The summed E-state index contributed by atoms with van der Waals surface area (Å²) < 4.78 is 10.9. The predicted molar refractivity (Wildman–Crippen MR) is 90.2 cm³/mol. The maximum absolute atomic E-state index is 11.4. The van der Waals surface area contributed by atoms with Gasteiger partial charge in [-0.05, 0) is 11.6 Å². The minimum Gasteiger partial charge on any atom is -0.488 e. The number of ether oxygens (including phenoxy) is 2. The highest BCUT2D eigenvalue weighted by atomic mass is 16.5. The van der Waals surface area contributed by atoms with Gasteiger partial charge in [0.2, 0.25) is 0 Å². The molecule has 1 heterocycles. The molecule has 1 aromatic heterocycles. The third-order valence-corrected chi connectivity index (χ3v) is 3.52. The van der Waals surface area contributed by atoms with Crippen LogP contribution in [0.2, 0.25) is 0 Å². The van der Waals surface area contributed by atoms with Crippen molar-refractivity contribution in [1.82, 2.24) is 9.97 Å². The Morgan fingerprint density at radius 1 is 1.00 bits per heavy atom. The molecule has 0 unspecified atom stereocenters. The highest BCUT2D eigenvalue weighted by Crippen LogP contribution is 2.33. The molecule has 5 nitrogen and oxygen atoms in total. The van der Waals surface area contributed by atoms with E-state index in [1.807, 2.05) is 36.4 Å². The van der Waals surface area contributed by atoms with Gasteiger partial charge in [0.1, 0.15) is 12.4 Å². The molecule has 5 heteroatoms. The van der Waals surface area contributed by atoms with Crippen LogP contribution in [0.4, 0.5) is 0 Å². The molecule has 0 N–H and O–H groups in total. The number of rotatable bonds is 6. The maximum atomic E-state index is 11.4. The minimum absolute atomic E-state index is 0.272. The van der Waals surface area contributed by atoms with Gasteiger partial charge in [-0.1, -0.05) is 42.5 Å². The van der Waals surface area contributed by atoms with Gasteiger partial charge in [-0.3, -0.25) is 4.79 Å². The summed E-state index contributed by atoms with van der Waals surface area (Å²) in [6, 6.07) is 15.5. The largest absolute Gasteiger partial charge is 0.488 e. The van der Waals surface area contributed by atoms with E-state index < -0.39 is 0 Å². The van der Waals surface area contributed by atoms with Gasteiger partial charge >= 0.3 is 6.01 Å².